The number of rotatable bonds is 5. The van der Waals surface area contributed by atoms with Crippen molar-refractivity contribution in [3.8, 4) is 0 Å². The molecule has 0 aliphatic rings. The lowest BCUT2D eigenvalue weighted by Gasteiger charge is -2.29. The molecule has 0 spiro atoms. The second-order valence-electron chi connectivity index (χ2n) is 5.11. The maximum atomic E-state index is 13.4. The number of benzene rings is 1. The lowest BCUT2D eigenvalue weighted by molar-refractivity contribution is -0.237. The Morgan fingerprint density at radius 3 is 1.73 bits per heavy atom. The first-order chi connectivity index (χ1) is 11.9. The van der Waals surface area contributed by atoms with Crippen molar-refractivity contribution < 1.29 is 45.4 Å². The van der Waals surface area contributed by atoms with E-state index in [4.69, 9.17) is 0 Å². The number of hydrogen-bond acceptors (Lipinski definition) is 4. The maximum Gasteiger partial charge on any atom is 0.416 e. The Balaban J connectivity index is 3.15. The van der Waals surface area contributed by atoms with Gasteiger partial charge in [0.1, 0.15) is 0 Å². The van der Waals surface area contributed by atoms with Gasteiger partial charge in [-0.15, -0.1) is 0 Å². The lowest BCUT2D eigenvalue weighted by Crippen LogP contribution is -2.52. The Kier molecular flexibility index (Phi) is 6.45. The van der Waals surface area contributed by atoms with Crippen molar-refractivity contribution in [2.75, 3.05) is 14.2 Å². The van der Waals surface area contributed by atoms with Crippen LogP contribution in [0.15, 0.2) is 30.3 Å². The van der Waals surface area contributed by atoms with Crippen molar-refractivity contribution >= 4 is 18.0 Å². The molecule has 144 valence electrons. The zero-order valence-corrected chi connectivity index (χ0v) is 13.6. The quantitative estimate of drug-likeness (QED) is 0.438. The van der Waals surface area contributed by atoms with Crippen LogP contribution in [0.25, 0.3) is 6.08 Å². The number of carbonyl (C=O) groups excluding carboxylic acids is 2. The van der Waals surface area contributed by atoms with Crippen LogP contribution in [0.4, 0.5) is 26.3 Å². The van der Waals surface area contributed by atoms with E-state index in [1.54, 1.807) is 0 Å². The third-order valence-corrected chi connectivity index (χ3v) is 3.52. The summed E-state index contributed by atoms with van der Waals surface area (Å²) in [4.78, 5) is 23.4. The van der Waals surface area contributed by atoms with Crippen LogP contribution >= 0.6 is 0 Å². The predicted molar refractivity (Wildman–Crippen MR) is 77.6 cm³/mol. The average molecular weight is 384 g/mol. The SMILES string of the molecule is COC(=O)C(C/C=C/c1ccc(C(F)(F)F)cc1)(C(=O)OC)C(F)(F)F. The first kappa shape index (κ1) is 21.5. The fourth-order valence-corrected chi connectivity index (χ4v) is 2.10. The molecule has 0 bridgehead atoms. The maximum absolute atomic E-state index is 13.4. The normalized spacial score (nSPS) is 12.9. The van der Waals surface area contributed by atoms with E-state index in [0.717, 1.165) is 36.4 Å². The molecule has 0 unspecified atom stereocenters. The second kappa shape index (κ2) is 7.79. The first-order valence-electron chi connectivity index (χ1n) is 6.97. The van der Waals surface area contributed by atoms with Crippen molar-refractivity contribution in [3.63, 3.8) is 0 Å². The van der Waals surface area contributed by atoms with Gasteiger partial charge in [0, 0.05) is 6.42 Å². The minimum Gasteiger partial charge on any atom is -0.468 e. The van der Waals surface area contributed by atoms with E-state index in [1.165, 1.54) is 0 Å². The molecule has 1 rings (SSSR count). The highest BCUT2D eigenvalue weighted by molar-refractivity contribution is 6.01. The van der Waals surface area contributed by atoms with E-state index in [2.05, 4.69) is 9.47 Å². The van der Waals surface area contributed by atoms with Crippen LogP contribution in [-0.4, -0.2) is 32.3 Å². The fourth-order valence-electron chi connectivity index (χ4n) is 2.10. The van der Waals surface area contributed by atoms with Crippen molar-refractivity contribution in [1.82, 2.24) is 0 Å². The number of esters is 2. The molecule has 1 aromatic carbocycles. The molecule has 0 N–H and O–H groups in total. The summed E-state index contributed by atoms with van der Waals surface area (Å²) in [6.07, 6.45) is -9.12. The molecule has 0 aliphatic heterocycles. The molecule has 0 fully saturated rings. The highest BCUT2D eigenvalue weighted by Gasteiger charge is 2.67. The molecule has 0 heterocycles. The van der Waals surface area contributed by atoms with E-state index in [9.17, 15) is 35.9 Å². The van der Waals surface area contributed by atoms with Gasteiger partial charge in [-0.2, -0.15) is 26.3 Å². The summed E-state index contributed by atoms with van der Waals surface area (Å²) >= 11 is 0. The molecule has 26 heavy (non-hydrogen) atoms. The van der Waals surface area contributed by atoms with Crippen LogP contribution in [0.3, 0.4) is 0 Å². The van der Waals surface area contributed by atoms with E-state index in [-0.39, 0.29) is 5.56 Å². The van der Waals surface area contributed by atoms with Crippen molar-refractivity contribution in [2.45, 2.75) is 18.8 Å². The van der Waals surface area contributed by atoms with Crippen molar-refractivity contribution in [1.29, 1.82) is 0 Å². The Morgan fingerprint density at radius 2 is 1.38 bits per heavy atom. The van der Waals surface area contributed by atoms with Crippen LogP contribution in [-0.2, 0) is 25.2 Å². The van der Waals surface area contributed by atoms with Crippen LogP contribution in [0.1, 0.15) is 17.5 Å². The first-order valence-corrected chi connectivity index (χ1v) is 6.97. The Hall–Kier alpha value is -2.52. The summed E-state index contributed by atoms with van der Waals surface area (Å²) in [6, 6.07) is 3.56. The van der Waals surface area contributed by atoms with Gasteiger partial charge in [0.2, 0.25) is 0 Å². The highest BCUT2D eigenvalue weighted by Crippen LogP contribution is 2.44. The molecule has 0 aliphatic carbocycles. The van der Waals surface area contributed by atoms with Crippen LogP contribution in [0.2, 0.25) is 0 Å². The number of alkyl halides is 6. The summed E-state index contributed by atoms with van der Waals surface area (Å²) in [5.74, 6) is -3.71. The standard InChI is InChI=1S/C16H14F6O4/c1-25-12(23)14(13(24)26-2,16(20,21)22)9-3-4-10-5-7-11(8-6-10)15(17,18)19/h3-8H,9H2,1-2H3/b4-3+. The molecule has 0 saturated carbocycles. The zero-order chi connectivity index (χ0) is 20.2. The Bertz CT molecular complexity index is 657. The topological polar surface area (TPSA) is 52.6 Å². The van der Waals surface area contributed by atoms with Gasteiger partial charge in [-0.05, 0) is 17.7 Å². The van der Waals surface area contributed by atoms with Crippen LogP contribution in [0, 0.1) is 5.41 Å². The molecule has 0 atom stereocenters. The third kappa shape index (κ3) is 4.36. The molecule has 0 amide bonds. The van der Waals surface area contributed by atoms with Gasteiger partial charge in [-0.1, -0.05) is 24.3 Å². The van der Waals surface area contributed by atoms with Gasteiger partial charge in [0.15, 0.2) is 0 Å². The molecule has 0 radical (unpaired) electrons. The van der Waals surface area contributed by atoms with Crippen molar-refractivity contribution in [3.05, 3.63) is 41.5 Å². The third-order valence-electron chi connectivity index (χ3n) is 3.52. The Morgan fingerprint density at radius 1 is 0.923 bits per heavy atom. The van der Waals surface area contributed by atoms with E-state index < -0.39 is 41.7 Å². The molecular weight excluding hydrogens is 370 g/mol. The molecule has 4 nitrogen and oxygen atoms in total. The van der Waals surface area contributed by atoms with Crippen LogP contribution < -0.4 is 0 Å². The molecule has 1 aromatic rings. The molecule has 0 aromatic heterocycles. The average Bonchev–Trinajstić information content (AvgIpc) is 2.56. The number of methoxy groups -OCH3 is 2. The number of ether oxygens (including phenoxy) is 2. The number of allylic oxidation sites excluding steroid dienone is 1. The summed E-state index contributed by atoms with van der Waals surface area (Å²) < 4.78 is 85.8. The van der Waals surface area contributed by atoms with Gasteiger partial charge < -0.3 is 9.47 Å². The van der Waals surface area contributed by atoms with Gasteiger partial charge in [-0.25, -0.2) is 0 Å². The predicted octanol–water partition coefficient (Wildman–Crippen LogP) is 4.00. The Labute approximate surface area is 144 Å². The number of hydrogen-bond donors (Lipinski definition) is 0. The van der Waals surface area contributed by atoms with E-state index in [0.29, 0.717) is 14.2 Å². The summed E-state index contributed by atoms with van der Waals surface area (Å²) in [6.45, 7) is 0. The molecular formula is C16H14F6O4. The molecule has 10 heteroatoms. The highest BCUT2D eigenvalue weighted by atomic mass is 19.4. The van der Waals surface area contributed by atoms with Gasteiger partial charge in [0.25, 0.3) is 5.41 Å². The molecule has 0 saturated heterocycles. The minimum absolute atomic E-state index is 0.142. The number of carbonyl (C=O) groups is 2. The largest absolute Gasteiger partial charge is 0.468 e. The minimum atomic E-state index is -5.31. The van der Waals surface area contributed by atoms with Gasteiger partial charge >= 0.3 is 24.3 Å². The summed E-state index contributed by atoms with van der Waals surface area (Å²) in [5.41, 5.74) is -4.36. The lowest BCUT2D eigenvalue weighted by atomic mass is 9.83. The number of halogens is 6. The second-order valence-corrected chi connectivity index (χ2v) is 5.11. The zero-order valence-electron chi connectivity index (χ0n) is 13.6. The fraction of sp³-hybridized carbons (Fsp3) is 0.375. The summed E-state index contributed by atoms with van der Waals surface area (Å²) in [7, 11) is 1.37. The van der Waals surface area contributed by atoms with Crippen LogP contribution in [0.5, 0.6) is 0 Å². The van der Waals surface area contributed by atoms with Gasteiger partial charge in [-0.3, -0.25) is 9.59 Å². The van der Waals surface area contributed by atoms with Crippen molar-refractivity contribution in [2.24, 2.45) is 5.41 Å². The monoisotopic (exact) mass is 384 g/mol. The smallest absolute Gasteiger partial charge is 0.416 e. The summed E-state index contributed by atoms with van der Waals surface area (Å²) in [5, 5.41) is 0. The van der Waals surface area contributed by atoms with E-state index in [1.807, 2.05) is 0 Å². The van der Waals surface area contributed by atoms with Gasteiger partial charge in [0.05, 0.1) is 19.8 Å². The van der Waals surface area contributed by atoms with E-state index >= 15 is 0 Å².